The van der Waals surface area contributed by atoms with E-state index in [4.69, 9.17) is 4.42 Å². The highest BCUT2D eigenvalue weighted by Gasteiger charge is 2.03. The monoisotopic (exact) mass is 322 g/mol. The molecule has 126 valence electrons. The predicted molar refractivity (Wildman–Crippen MR) is 99.8 cm³/mol. The van der Waals surface area contributed by atoms with Crippen molar-refractivity contribution in [3.05, 3.63) is 71.5 Å². The summed E-state index contributed by atoms with van der Waals surface area (Å²) < 4.78 is 5.83. The molecule has 0 atom stereocenters. The van der Waals surface area contributed by atoms with E-state index in [1.807, 2.05) is 18.2 Å². The summed E-state index contributed by atoms with van der Waals surface area (Å²) in [7, 11) is 0. The fourth-order valence-electron chi connectivity index (χ4n) is 2.92. The zero-order chi connectivity index (χ0) is 16.8. The van der Waals surface area contributed by atoms with Crippen LogP contribution in [0.5, 0.6) is 0 Å². The van der Waals surface area contributed by atoms with Gasteiger partial charge in [-0.05, 0) is 36.3 Å². The van der Waals surface area contributed by atoms with Gasteiger partial charge in [0.2, 0.25) is 0 Å². The summed E-state index contributed by atoms with van der Waals surface area (Å²) in [6.45, 7) is 9.23. The summed E-state index contributed by atoms with van der Waals surface area (Å²) >= 11 is 0. The fourth-order valence-corrected chi connectivity index (χ4v) is 2.92. The van der Waals surface area contributed by atoms with Crippen LogP contribution in [0.1, 0.15) is 30.7 Å². The quantitative estimate of drug-likeness (QED) is 0.659. The van der Waals surface area contributed by atoms with Crippen LogP contribution in [0, 0.1) is 0 Å². The summed E-state index contributed by atoms with van der Waals surface area (Å²) in [5, 5.41) is 4.62. The predicted octanol–water partition coefficient (Wildman–Crippen LogP) is 4.56. The molecule has 3 aromatic rings. The van der Waals surface area contributed by atoms with Gasteiger partial charge >= 0.3 is 0 Å². The lowest BCUT2D eigenvalue weighted by molar-refractivity contribution is 0.296. The average molecular weight is 322 g/mol. The van der Waals surface area contributed by atoms with Gasteiger partial charge in [0.25, 0.3) is 0 Å². The molecule has 2 aromatic carbocycles. The van der Waals surface area contributed by atoms with Crippen molar-refractivity contribution in [2.24, 2.45) is 0 Å². The summed E-state index contributed by atoms with van der Waals surface area (Å²) in [6, 6.07) is 19.1. The third kappa shape index (κ3) is 4.25. The van der Waals surface area contributed by atoms with Crippen molar-refractivity contribution >= 4 is 11.0 Å². The van der Waals surface area contributed by atoms with Crippen LogP contribution in [-0.2, 0) is 19.6 Å². The van der Waals surface area contributed by atoms with Crippen molar-refractivity contribution in [3.8, 4) is 0 Å². The van der Waals surface area contributed by atoms with Gasteiger partial charge in [0.1, 0.15) is 11.3 Å². The second-order valence-corrected chi connectivity index (χ2v) is 6.13. The third-order valence-electron chi connectivity index (χ3n) is 4.43. The lowest BCUT2D eigenvalue weighted by Gasteiger charge is -2.18. The van der Waals surface area contributed by atoms with Crippen LogP contribution in [0.25, 0.3) is 11.0 Å². The Hall–Kier alpha value is -2.10. The first kappa shape index (κ1) is 16.7. The molecule has 0 amide bonds. The highest BCUT2D eigenvalue weighted by molar-refractivity contribution is 5.77. The van der Waals surface area contributed by atoms with E-state index in [0.717, 1.165) is 49.5 Å². The molecule has 1 heterocycles. The Bertz CT molecular complexity index is 724. The standard InChI is InChI=1S/C21H26N2O/c1-3-23(4-2)16-18-11-9-17(10-12-18)14-22-15-20-13-19-7-5-6-8-21(19)24-20/h5-13,22H,3-4,14-16H2,1-2H3. The lowest BCUT2D eigenvalue weighted by atomic mass is 10.1. The maximum Gasteiger partial charge on any atom is 0.134 e. The van der Waals surface area contributed by atoms with Crippen molar-refractivity contribution < 1.29 is 4.42 Å². The summed E-state index contributed by atoms with van der Waals surface area (Å²) in [5.74, 6) is 0.981. The number of fused-ring (bicyclic) bond motifs is 1. The van der Waals surface area contributed by atoms with Crippen LogP contribution >= 0.6 is 0 Å². The highest BCUT2D eigenvalue weighted by Crippen LogP contribution is 2.18. The third-order valence-corrected chi connectivity index (χ3v) is 4.43. The lowest BCUT2D eigenvalue weighted by Crippen LogP contribution is -2.22. The Morgan fingerprint density at radius 3 is 2.29 bits per heavy atom. The molecule has 0 saturated heterocycles. The molecule has 0 aliphatic carbocycles. The minimum atomic E-state index is 0.746. The molecule has 0 spiro atoms. The van der Waals surface area contributed by atoms with Crippen LogP contribution < -0.4 is 5.32 Å². The van der Waals surface area contributed by atoms with E-state index in [2.05, 4.69) is 60.5 Å². The van der Waals surface area contributed by atoms with Crippen LogP contribution in [0.3, 0.4) is 0 Å². The molecule has 0 bridgehead atoms. The van der Waals surface area contributed by atoms with Gasteiger partial charge in [0.05, 0.1) is 6.54 Å². The van der Waals surface area contributed by atoms with Gasteiger partial charge in [-0.2, -0.15) is 0 Å². The molecule has 3 heteroatoms. The summed E-state index contributed by atoms with van der Waals surface area (Å²) in [6.07, 6.45) is 0. The van der Waals surface area contributed by atoms with Crippen molar-refractivity contribution in [1.29, 1.82) is 0 Å². The van der Waals surface area contributed by atoms with Gasteiger partial charge in [-0.15, -0.1) is 0 Å². The molecule has 3 nitrogen and oxygen atoms in total. The maximum absolute atomic E-state index is 5.83. The highest BCUT2D eigenvalue weighted by atomic mass is 16.3. The summed E-state index contributed by atoms with van der Waals surface area (Å²) in [4.78, 5) is 2.43. The number of para-hydroxylation sites is 1. The zero-order valence-corrected chi connectivity index (χ0v) is 14.6. The topological polar surface area (TPSA) is 28.4 Å². The molecule has 1 N–H and O–H groups in total. The van der Waals surface area contributed by atoms with E-state index in [1.165, 1.54) is 11.1 Å². The average Bonchev–Trinajstić information content (AvgIpc) is 3.03. The van der Waals surface area contributed by atoms with Crippen molar-refractivity contribution in [2.45, 2.75) is 33.5 Å². The number of hydrogen-bond acceptors (Lipinski definition) is 3. The largest absolute Gasteiger partial charge is 0.460 e. The van der Waals surface area contributed by atoms with E-state index < -0.39 is 0 Å². The van der Waals surface area contributed by atoms with E-state index >= 15 is 0 Å². The first-order valence-corrected chi connectivity index (χ1v) is 8.76. The van der Waals surface area contributed by atoms with Gasteiger partial charge in [0.15, 0.2) is 0 Å². The van der Waals surface area contributed by atoms with Crippen LogP contribution in [0.4, 0.5) is 0 Å². The molecule has 0 radical (unpaired) electrons. The first-order valence-electron chi connectivity index (χ1n) is 8.76. The molecule has 0 aliphatic rings. The number of hydrogen-bond donors (Lipinski definition) is 1. The molecule has 3 rings (SSSR count). The summed E-state index contributed by atoms with van der Waals surface area (Å²) in [5.41, 5.74) is 3.63. The normalized spacial score (nSPS) is 11.5. The van der Waals surface area contributed by atoms with E-state index in [0.29, 0.717) is 0 Å². The number of rotatable bonds is 8. The van der Waals surface area contributed by atoms with E-state index in [9.17, 15) is 0 Å². The van der Waals surface area contributed by atoms with Gasteiger partial charge < -0.3 is 9.73 Å². The molecule has 24 heavy (non-hydrogen) atoms. The number of nitrogens with one attached hydrogen (secondary N) is 1. The smallest absolute Gasteiger partial charge is 0.134 e. The van der Waals surface area contributed by atoms with E-state index in [-0.39, 0.29) is 0 Å². The van der Waals surface area contributed by atoms with Crippen LogP contribution in [0.2, 0.25) is 0 Å². The molecular formula is C21H26N2O. The van der Waals surface area contributed by atoms with E-state index in [1.54, 1.807) is 0 Å². The first-order chi connectivity index (χ1) is 11.8. The van der Waals surface area contributed by atoms with Gasteiger partial charge in [0, 0.05) is 18.5 Å². The minimum Gasteiger partial charge on any atom is -0.460 e. The Labute approximate surface area is 144 Å². The fraction of sp³-hybridized carbons (Fsp3) is 0.333. The Balaban J connectivity index is 1.51. The van der Waals surface area contributed by atoms with Gasteiger partial charge in [-0.3, -0.25) is 4.90 Å². The second-order valence-electron chi connectivity index (χ2n) is 6.13. The second kappa shape index (κ2) is 8.13. The minimum absolute atomic E-state index is 0.746. The molecular weight excluding hydrogens is 296 g/mol. The number of benzene rings is 2. The van der Waals surface area contributed by atoms with Gasteiger partial charge in [-0.25, -0.2) is 0 Å². The molecule has 0 saturated carbocycles. The molecule has 0 aliphatic heterocycles. The number of furan rings is 1. The maximum atomic E-state index is 5.83. The van der Waals surface area contributed by atoms with Crippen LogP contribution in [-0.4, -0.2) is 18.0 Å². The Morgan fingerprint density at radius 2 is 1.58 bits per heavy atom. The van der Waals surface area contributed by atoms with Crippen molar-refractivity contribution in [3.63, 3.8) is 0 Å². The Kier molecular flexibility index (Phi) is 5.68. The SMILES string of the molecule is CCN(CC)Cc1ccc(CNCc2cc3ccccc3o2)cc1. The number of nitrogens with zero attached hydrogens (tertiary/aromatic N) is 1. The van der Waals surface area contributed by atoms with Crippen molar-refractivity contribution in [2.75, 3.05) is 13.1 Å². The molecule has 0 unspecified atom stereocenters. The van der Waals surface area contributed by atoms with Crippen LogP contribution in [0.15, 0.2) is 59.0 Å². The Morgan fingerprint density at radius 1 is 0.875 bits per heavy atom. The molecule has 0 fully saturated rings. The van der Waals surface area contributed by atoms with Crippen molar-refractivity contribution in [1.82, 2.24) is 10.2 Å². The zero-order valence-electron chi connectivity index (χ0n) is 14.6. The molecule has 1 aromatic heterocycles. The van der Waals surface area contributed by atoms with Gasteiger partial charge in [-0.1, -0.05) is 56.3 Å².